The molecule has 0 bridgehead atoms. The van der Waals surface area contributed by atoms with Gasteiger partial charge in [0.1, 0.15) is 10.7 Å². The molecule has 1 aromatic rings. The molecule has 0 spiro atoms. The number of nitrogen functional groups attached to an aromatic ring is 1. The highest BCUT2D eigenvalue weighted by atomic mass is 79.9. The van der Waals surface area contributed by atoms with E-state index in [-0.39, 0.29) is 10.7 Å². The SMILES string of the molecule is CCc1c(Br)cnc(N)c1S(N)(=O)=O. The molecule has 0 amide bonds. The summed E-state index contributed by atoms with van der Waals surface area (Å²) in [5.74, 6) is -0.0625. The van der Waals surface area contributed by atoms with Crippen LogP contribution in [0.1, 0.15) is 12.5 Å². The smallest absolute Gasteiger partial charge is 0.242 e. The molecule has 1 heterocycles. The Morgan fingerprint density at radius 1 is 1.57 bits per heavy atom. The van der Waals surface area contributed by atoms with Crippen LogP contribution in [0.25, 0.3) is 0 Å². The summed E-state index contributed by atoms with van der Waals surface area (Å²) in [5.41, 5.74) is 6.02. The quantitative estimate of drug-likeness (QED) is 0.830. The zero-order chi connectivity index (χ0) is 10.9. The van der Waals surface area contributed by atoms with Gasteiger partial charge < -0.3 is 5.73 Å². The second-order valence-corrected chi connectivity index (χ2v) is 5.05. The van der Waals surface area contributed by atoms with Crippen LogP contribution in [0.3, 0.4) is 0 Å². The van der Waals surface area contributed by atoms with Crippen molar-refractivity contribution >= 4 is 31.8 Å². The minimum Gasteiger partial charge on any atom is -0.383 e. The number of halogens is 1. The molecule has 5 nitrogen and oxygen atoms in total. The molecular formula is C7H10BrN3O2S. The highest BCUT2D eigenvalue weighted by Crippen LogP contribution is 2.27. The van der Waals surface area contributed by atoms with E-state index < -0.39 is 10.0 Å². The van der Waals surface area contributed by atoms with Crippen LogP contribution < -0.4 is 10.9 Å². The van der Waals surface area contributed by atoms with Gasteiger partial charge in [-0.3, -0.25) is 0 Å². The Bertz CT molecular complexity index is 458. The summed E-state index contributed by atoms with van der Waals surface area (Å²) in [5, 5.41) is 5.03. The molecule has 1 rings (SSSR count). The van der Waals surface area contributed by atoms with Crippen molar-refractivity contribution in [2.75, 3.05) is 5.73 Å². The van der Waals surface area contributed by atoms with Crippen molar-refractivity contribution < 1.29 is 8.42 Å². The van der Waals surface area contributed by atoms with E-state index in [9.17, 15) is 8.42 Å². The Balaban J connectivity index is 3.63. The number of primary sulfonamides is 1. The Morgan fingerprint density at radius 2 is 2.14 bits per heavy atom. The average Bonchev–Trinajstić information content (AvgIpc) is 2.06. The van der Waals surface area contributed by atoms with Crippen molar-refractivity contribution in [3.8, 4) is 0 Å². The number of nitrogens with two attached hydrogens (primary N) is 2. The molecule has 4 N–H and O–H groups in total. The normalized spacial score (nSPS) is 11.6. The maximum atomic E-state index is 11.2. The summed E-state index contributed by atoms with van der Waals surface area (Å²) in [6.45, 7) is 1.81. The van der Waals surface area contributed by atoms with E-state index in [4.69, 9.17) is 10.9 Å². The predicted molar refractivity (Wildman–Crippen MR) is 57.1 cm³/mol. The minimum atomic E-state index is -3.82. The predicted octanol–water partition coefficient (Wildman–Crippen LogP) is 0.636. The van der Waals surface area contributed by atoms with Crippen LogP contribution in [-0.4, -0.2) is 13.4 Å². The van der Waals surface area contributed by atoms with Crippen molar-refractivity contribution in [3.05, 3.63) is 16.2 Å². The first-order chi connectivity index (χ1) is 6.38. The summed E-state index contributed by atoms with van der Waals surface area (Å²) >= 11 is 3.20. The van der Waals surface area contributed by atoms with Crippen LogP contribution in [0.5, 0.6) is 0 Å². The summed E-state index contributed by atoms with van der Waals surface area (Å²) < 4.78 is 23.0. The Hall–Kier alpha value is -0.660. The number of sulfonamides is 1. The van der Waals surface area contributed by atoms with Gasteiger partial charge in [0.25, 0.3) is 0 Å². The van der Waals surface area contributed by atoms with Crippen molar-refractivity contribution in [1.29, 1.82) is 0 Å². The zero-order valence-corrected chi connectivity index (χ0v) is 9.89. The van der Waals surface area contributed by atoms with Crippen LogP contribution >= 0.6 is 15.9 Å². The van der Waals surface area contributed by atoms with Crippen molar-refractivity contribution in [2.24, 2.45) is 5.14 Å². The van der Waals surface area contributed by atoms with Gasteiger partial charge in [0, 0.05) is 10.7 Å². The van der Waals surface area contributed by atoms with Gasteiger partial charge in [0.15, 0.2) is 0 Å². The molecule has 0 atom stereocenters. The van der Waals surface area contributed by atoms with Gasteiger partial charge in [0.2, 0.25) is 10.0 Å². The van der Waals surface area contributed by atoms with Gasteiger partial charge in [0.05, 0.1) is 0 Å². The number of hydrogen-bond acceptors (Lipinski definition) is 4. The standard InChI is InChI=1S/C7H10BrN3O2S/c1-2-4-5(8)3-11-7(9)6(4)14(10,12)13/h3H,2H2,1H3,(H2,9,11)(H2,10,12,13). The summed E-state index contributed by atoms with van der Waals surface area (Å²) in [7, 11) is -3.82. The van der Waals surface area contributed by atoms with Crippen molar-refractivity contribution in [2.45, 2.75) is 18.2 Å². The largest absolute Gasteiger partial charge is 0.383 e. The lowest BCUT2D eigenvalue weighted by atomic mass is 10.2. The third-order valence-electron chi connectivity index (χ3n) is 1.75. The fraction of sp³-hybridized carbons (Fsp3) is 0.286. The monoisotopic (exact) mass is 279 g/mol. The zero-order valence-electron chi connectivity index (χ0n) is 7.49. The Morgan fingerprint density at radius 3 is 2.50 bits per heavy atom. The summed E-state index contributed by atoms with van der Waals surface area (Å²) in [6.07, 6.45) is 1.97. The molecule has 0 aliphatic carbocycles. The molecule has 0 aromatic carbocycles. The van der Waals surface area contributed by atoms with E-state index >= 15 is 0 Å². The highest BCUT2D eigenvalue weighted by Gasteiger charge is 2.19. The fourth-order valence-corrected chi connectivity index (χ4v) is 2.83. The van der Waals surface area contributed by atoms with Gasteiger partial charge in [-0.05, 0) is 27.9 Å². The maximum Gasteiger partial charge on any atom is 0.242 e. The van der Waals surface area contributed by atoms with Crippen molar-refractivity contribution in [3.63, 3.8) is 0 Å². The third kappa shape index (κ3) is 2.05. The second kappa shape index (κ2) is 3.84. The lowest BCUT2D eigenvalue weighted by Crippen LogP contribution is -2.17. The molecule has 0 aliphatic heterocycles. The van der Waals surface area contributed by atoms with Gasteiger partial charge in [-0.25, -0.2) is 18.5 Å². The maximum absolute atomic E-state index is 11.2. The van der Waals surface area contributed by atoms with E-state index in [1.807, 2.05) is 6.92 Å². The lowest BCUT2D eigenvalue weighted by molar-refractivity contribution is 0.596. The molecule has 0 saturated carbocycles. The topological polar surface area (TPSA) is 99.1 Å². The van der Waals surface area contributed by atoms with Crippen LogP contribution in [-0.2, 0) is 16.4 Å². The van der Waals surface area contributed by atoms with E-state index in [1.54, 1.807) is 0 Å². The first kappa shape index (κ1) is 11.4. The molecule has 7 heteroatoms. The molecule has 0 saturated heterocycles. The van der Waals surface area contributed by atoms with Crippen molar-refractivity contribution in [1.82, 2.24) is 4.98 Å². The molecular weight excluding hydrogens is 270 g/mol. The Kier molecular flexibility index (Phi) is 3.13. The van der Waals surface area contributed by atoms with E-state index in [2.05, 4.69) is 20.9 Å². The van der Waals surface area contributed by atoms with Gasteiger partial charge in [-0.2, -0.15) is 0 Å². The van der Waals surface area contributed by atoms with E-state index in [1.165, 1.54) is 6.20 Å². The lowest BCUT2D eigenvalue weighted by Gasteiger charge is -2.09. The first-order valence-electron chi connectivity index (χ1n) is 3.83. The van der Waals surface area contributed by atoms with Gasteiger partial charge in [-0.1, -0.05) is 6.92 Å². The number of pyridine rings is 1. The average molecular weight is 280 g/mol. The molecule has 0 unspecified atom stereocenters. The molecule has 0 fully saturated rings. The number of rotatable bonds is 2. The fourth-order valence-electron chi connectivity index (χ4n) is 1.17. The number of aromatic nitrogens is 1. The summed E-state index contributed by atoms with van der Waals surface area (Å²) in [4.78, 5) is 3.64. The van der Waals surface area contributed by atoms with Crippen LogP contribution in [0.2, 0.25) is 0 Å². The first-order valence-corrected chi connectivity index (χ1v) is 6.17. The van der Waals surface area contributed by atoms with Gasteiger partial charge in [-0.15, -0.1) is 0 Å². The molecule has 14 heavy (non-hydrogen) atoms. The van der Waals surface area contributed by atoms with Gasteiger partial charge >= 0.3 is 0 Å². The summed E-state index contributed by atoms with van der Waals surface area (Å²) in [6, 6.07) is 0. The van der Waals surface area contributed by atoms with Crippen LogP contribution in [0.4, 0.5) is 5.82 Å². The third-order valence-corrected chi connectivity index (χ3v) is 3.46. The minimum absolute atomic E-state index is 0.0625. The molecule has 78 valence electrons. The van der Waals surface area contributed by atoms with Crippen LogP contribution in [0.15, 0.2) is 15.6 Å². The molecule has 0 aliphatic rings. The van der Waals surface area contributed by atoms with E-state index in [0.29, 0.717) is 16.5 Å². The van der Waals surface area contributed by atoms with Crippen LogP contribution in [0, 0.1) is 0 Å². The Labute approximate surface area is 90.7 Å². The van der Waals surface area contributed by atoms with E-state index in [0.717, 1.165) is 0 Å². The number of anilines is 1. The number of nitrogens with zero attached hydrogens (tertiary/aromatic N) is 1. The second-order valence-electron chi connectivity index (χ2n) is 2.70. The molecule has 0 radical (unpaired) electrons. The highest BCUT2D eigenvalue weighted by molar-refractivity contribution is 9.10. The molecule has 1 aromatic heterocycles. The number of hydrogen-bond donors (Lipinski definition) is 2.